The number of nitrogens with zero attached hydrogens (tertiary/aromatic N) is 3. The molecule has 1 amide bonds. The maximum Gasteiger partial charge on any atom is 0.274 e. The molecule has 1 N–H and O–H groups in total. The number of aryl methyl sites for hydroxylation is 1. The molecule has 0 saturated carbocycles. The molecule has 1 aromatic carbocycles. The highest BCUT2D eigenvalue weighted by Gasteiger charge is 2.24. The monoisotopic (exact) mass is 302 g/mol. The lowest BCUT2D eigenvalue weighted by molar-refractivity contribution is 0.0702. The molecule has 3 rings (SSSR count). The van der Waals surface area contributed by atoms with Gasteiger partial charge in [-0.2, -0.15) is 5.10 Å². The first-order valence-electron chi connectivity index (χ1n) is 7.40. The highest BCUT2D eigenvalue weighted by molar-refractivity contribution is 5.92. The lowest BCUT2D eigenvalue weighted by Gasteiger charge is -2.31. The van der Waals surface area contributed by atoms with Gasteiger partial charge in [0.1, 0.15) is 5.82 Å². The van der Waals surface area contributed by atoms with Crippen LogP contribution < -0.4 is 5.32 Å². The van der Waals surface area contributed by atoms with Crippen molar-refractivity contribution in [1.82, 2.24) is 20.0 Å². The number of piperazine rings is 1. The summed E-state index contributed by atoms with van der Waals surface area (Å²) in [5, 5.41) is 7.70. The van der Waals surface area contributed by atoms with Crippen LogP contribution in [0.5, 0.6) is 0 Å². The Morgan fingerprint density at radius 3 is 2.77 bits per heavy atom. The van der Waals surface area contributed by atoms with Gasteiger partial charge in [-0.05, 0) is 44.2 Å². The van der Waals surface area contributed by atoms with Crippen molar-refractivity contribution in [1.29, 1.82) is 0 Å². The van der Waals surface area contributed by atoms with E-state index in [1.165, 1.54) is 12.1 Å². The fraction of sp³-hybridized carbons (Fsp3) is 0.375. The number of benzene rings is 1. The molecule has 0 radical (unpaired) electrons. The molecular weight excluding hydrogens is 283 g/mol. The molecule has 1 saturated heterocycles. The van der Waals surface area contributed by atoms with Gasteiger partial charge in [-0.25, -0.2) is 9.07 Å². The summed E-state index contributed by atoms with van der Waals surface area (Å²) in [4.78, 5) is 14.4. The van der Waals surface area contributed by atoms with E-state index < -0.39 is 0 Å². The van der Waals surface area contributed by atoms with Gasteiger partial charge >= 0.3 is 0 Å². The summed E-state index contributed by atoms with van der Waals surface area (Å²) in [5.41, 5.74) is 2.01. The van der Waals surface area contributed by atoms with Gasteiger partial charge in [0, 0.05) is 31.4 Å². The first-order valence-corrected chi connectivity index (χ1v) is 7.40. The lowest BCUT2D eigenvalue weighted by Crippen LogP contribution is -2.51. The van der Waals surface area contributed by atoms with Gasteiger partial charge in [-0.3, -0.25) is 4.79 Å². The Morgan fingerprint density at radius 1 is 1.36 bits per heavy atom. The van der Waals surface area contributed by atoms with Crippen molar-refractivity contribution in [2.75, 3.05) is 19.6 Å². The molecule has 1 fully saturated rings. The minimum absolute atomic E-state index is 0.0580. The Hall–Kier alpha value is -2.21. The smallest absolute Gasteiger partial charge is 0.274 e. The molecule has 1 aromatic heterocycles. The summed E-state index contributed by atoms with van der Waals surface area (Å²) in [6.45, 7) is 6.10. The SMILES string of the molecule is Cc1cc(C(=O)N2CCN[C@H](C)C2)nn1-c1ccc(F)cc1. The Morgan fingerprint density at radius 2 is 2.09 bits per heavy atom. The largest absolute Gasteiger partial charge is 0.334 e. The first-order chi connectivity index (χ1) is 10.5. The summed E-state index contributed by atoms with van der Waals surface area (Å²) in [6, 6.07) is 8.13. The molecule has 0 unspecified atom stereocenters. The number of amides is 1. The number of carbonyl (C=O) groups excluding carboxylic acids is 1. The van der Waals surface area contributed by atoms with E-state index in [0.29, 0.717) is 18.8 Å². The summed E-state index contributed by atoms with van der Waals surface area (Å²) in [6.07, 6.45) is 0. The number of halogens is 1. The second kappa shape index (κ2) is 5.88. The van der Waals surface area contributed by atoms with E-state index in [1.54, 1.807) is 22.9 Å². The van der Waals surface area contributed by atoms with E-state index in [9.17, 15) is 9.18 Å². The van der Waals surface area contributed by atoms with E-state index in [2.05, 4.69) is 17.3 Å². The van der Waals surface area contributed by atoms with Crippen molar-refractivity contribution in [3.63, 3.8) is 0 Å². The van der Waals surface area contributed by atoms with E-state index >= 15 is 0 Å². The molecule has 116 valence electrons. The molecule has 1 aliphatic rings. The van der Waals surface area contributed by atoms with Crippen molar-refractivity contribution in [3.05, 3.63) is 47.5 Å². The minimum Gasteiger partial charge on any atom is -0.334 e. The molecule has 0 bridgehead atoms. The van der Waals surface area contributed by atoms with Crippen LogP contribution in [0.4, 0.5) is 4.39 Å². The zero-order valence-electron chi connectivity index (χ0n) is 12.7. The maximum absolute atomic E-state index is 13.0. The van der Waals surface area contributed by atoms with E-state index in [4.69, 9.17) is 0 Å². The molecule has 22 heavy (non-hydrogen) atoms. The van der Waals surface area contributed by atoms with E-state index in [0.717, 1.165) is 17.9 Å². The fourth-order valence-electron chi connectivity index (χ4n) is 2.70. The fourth-order valence-corrected chi connectivity index (χ4v) is 2.70. The molecule has 0 aliphatic carbocycles. The zero-order chi connectivity index (χ0) is 15.7. The van der Waals surface area contributed by atoms with Gasteiger partial charge < -0.3 is 10.2 Å². The molecular formula is C16H19FN4O. The summed E-state index contributed by atoms with van der Waals surface area (Å²) in [7, 11) is 0. The third kappa shape index (κ3) is 2.87. The highest BCUT2D eigenvalue weighted by Crippen LogP contribution is 2.15. The third-order valence-corrected chi connectivity index (χ3v) is 3.83. The maximum atomic E-state index is 13.0. The number of hydrogen-bond donors (Lipinski definition) is 1. The molecule has 5 nitrogen and oxygen atoms in total. The average molecular weight is 302 g/mol. The van der Waals surface area contributed by atoms with Crippen LogP contribution in [0.15, 0.2) is 30.3 Å². The number of hydrogen-bond acceptors (Lipinski definition) is 3. The van der Waals surface area contributed by atoms with Crippen LogP contribution in [0.25, 0.3) is 5.69 Å². The normalized spacial score (nSPS) is 18.5. The summed E-state index contributed by atoms with van der Waals surface area (Å²) < 4.78 is 14.7. The number of nitrogens with one attached hydrogen (secondary N) is 1. The quantitative estimate of drug-likeness (QED) is 0.919. The van der Waals surface area contributed by atoms with E-state index in [-0.39, 0.29) is 17.8 Å². The van der Waals surface area contributed by atoms with Crippen LogP contribution in [0, 0.1) is 12.7 Å². The summed E-state index contributed by atoms with van der Waals surface area (Å²) in [5.74, 6) is -0.350. The van der Waals surface area contributed by atoms with Gasteiger partial charge in [-0.15, -0.1) is 0 Å². The number of carbonyl (C=O) groups is 1. The first kappa shape index (κ1) is 14.7. The van der Waals surface area contributed by atoms with Gasteiger partial charge in [0.2, 0.25) is 0 Å². The van der Waals surface area contributed by atoms with Crippen molar-refractivity contribution in [3.8, 4) is 5.69 Å². The third-order valence-electron chi connectivity index (χ3n) is 3.83. The number of aromatic nitrogens is 2. The van der Waals surface area contributed by atoms with Gasteiger partial charge in [0.05, 0.1) is 5.69 Å². The minimum atomic E-state index is -0.292. The second-order valence-corrected chi connectivity index (χ2v) is 5.67. The average Bonchev–Trinajstić information content (AvgIpc) is 2.89. The molecule has 2 heterocycles. The molecule has 0 spiro atoms. The van der Waals surface area contributed by atoms with Crippen molar-refractivity contribution in [2.24, 2.45) is 0 Å². The Labute approximate surface area is 128 Å². The lowest BCUT2D eigenvalue weighted by atomic mass is 10.2. The standard InChI is InChI=1S/C16H19FN4O/c1-11-10-20(8-7-18-11)16(22)15-9-12(2)21(19-15)14-5-3-13(17)4-6-14/h3-6,9,11,18H,7-8,10H2,1-2H3/t11-/m1/s1. The van der Waals surface area contributed by atoms with Crippen LogP contribution in [0.3, 0.4) is 0 Å². The molecule has 1 aliphatic heterocycles. The van der Waals surface area contributed by atoms with Crippen molar-refractivity contribution in [2.45, 2.75) is 19.9 Å². The van der Waals surface area contributed by atoms with Crippen molar-refractivity contribution >= 4 is 5.91 Å². The van der Waals surface area contributed by atoms with Crippen LogP contribution in [0.2, 0.25) is 0 Å². The molecule has 2 aromatic rings. The Bertz CT molecular complexity index is 680. The second-order valence-electron chi connectivity index (χ2n) is 5.67. The van der Waals surface area contributed by atoms with E-state index in [1.807, 2.05) is 11.8 Å². The molecule has 1 atom stereocenters. The van der Waals surface area contributed by atoms with Crippen LogP contribution in [-0.4, -0.2) is 46.3 Å². The van der Waals surface area contributed by atoms with Gasteiger partial charge in [0.15, 0.2) is 5.69 Å². The van der Waals surface area contributed by atoms with Crippen molar-refractivity contribution < 1.29 is 9.18 Å². The number of rotatable bonds is 2. The van der Waals surface area contributed by atoms with Crippen LogP contribution >= 0.6 is 0 Å². The van der Waals surface area contributed by atoms with Crippen LogP contribution in [0.1, 0.15) is 23.1 Å². The highest BCUT2D eigenvalue weighted by atomic mass is 19.1. The Kier molecular flexibility index (Phi) is 3.94. The van der Waals surface area contributed by atoms with Gasteiger partial charge in [0.25, 0.3) is 5.91 Å². The predicted molar refractivity (Wildman–Crippen MR) is 81.6 cm³/mol. The topological polar surface area (TPSA) is 50.2 Å². The predicted octanol–water partition coefficient (Wildman–Crippen LogP) is 1.75. The zero-order valence-corrected chi connectivity index (χ0v) is 12.7. The van der Waals surface area contributed by atoms with Crippen LogP contribution in [-0.2, 0) is 0 Å². The van der Waals surface area contributed by atoms with Gasteiger partial charge in [-0.1, -0.05) is 0 Å². The summed E-state index contributed by atoms with van der Waals surface area (Å²) >= 11 is 0. The Balaban J connectivity index is 1.85. The molecule has 6 heteroatoms.